The van der Waals surface area contributed by atoms with Gasteiger partial charge in [0.25, 0.3) is 0 Å². The van der Waals surface area contributed by atoms with Crippen molar-refractivity contribution in [1.82, 2.24) is 14.8 Å². The highest BCUT2D eigenvalue weighted by Gasteiger charge is 2.51. The second-order valence-corrected chi connectivity index (χ2v) is 9.93. The number of allylic oxidation sites excluding steroid dienone is 2. The summed E-state index contributed by atoms with van der Waals surface area (Å²) in [5.41, 5.74) is -1.31. The summed E-state index contributed by atoms with van der Waals surface area (Å²) >= 11 is 13.5. The molecular formula is C20H21Cl2F2N3O3. The maximum atomic E-state index is 15.4. The van der Waals surface area contributed by atoms with E-state index < -0.39 is 45.8 Å². The van der Waals surface area contributed by atoms with Crippen LogP contribution in [0, 0.1) is 5.92 Å². The topological polar surface area (TPSA) is 74.6 Å². The van der Waals surface area contributed by atoms with Crippen molar-refractivity contribution >= 4 is 29.2 Å². The molecule has 5 rings (SSSR count). The quantitative estimate of drug-likeness (QED) is 0.679. The lowest BCUT2D eigenvalue weighted by Crippen LogP contribution is -2.42. The maximum absolute atomic E-state index is 15.4. The van der Waals surface area contributed by atoms with Gasteiger partial charge in [0, 0.05) is 43.7 Å². The third-order valence-corrected chi connectivity index (χ3v) is 7.41. The van der Waals surface area contributed by atoms with E-state index in [1.807, 2.05) is 4.90 Å². The monoisotopic (exact) mass is 459 g/mol. The molecule has 0 amide bonds. The molecule has 2 saturated heterocycles. The van der Waals surface area contributed by atoms with Crippen molar-refractivity contribution < 1.29 is 18.7 Å². The molecule has 0 bridgehead atoms. The van der Waals surface area contributed by atoms with Gasteiger partial charge in [-0.05, 0) is 25.3 Å². The lowest BCUT2D eigenvalue weighted by molar-refractivity contribution is 0.0694. The zero-order valence-corrected chi connectivity index (χ0v) is 17.5. The number of aromatic carboxylic acids is 1. The summed E-state index contributed by atoms with van der Waals surface area (Å²) in [6, 6.07) is -0.459. The minimum atomic E-state index is -1.93. The van der Waals surface area contributed by atoms with Gasteiger partial charge in [0.2, 0.25) is 0 Å². The number of aromatic nitrogens is 1. The number of halogens is 4. The van der Waals surface area contributed by atoms with E-state index in [1.165, 1.54) is 4.57 Å². The van der Waals surface area contributed by atoms with Crippen LogP contribution >= 0.6 is 23.2 Å². The molecule has 0 spiro atoms. The predicted octanol–water partition coefficient (Wildman–Crippen LogP) is 2.88. The number of carbonyl (C=O) groups is 1. The van der Waals surface area contributed by atoms with Crippen molar-refractivity contribution in [2.45, 2.75) is 48.3 Å². The van der Waals surface area contributed by atoms with Crippen LogP contribution in [0.5, 0.6) is 0 Å². The second-order valence-electron chi connectivity index (χ2n) is 8.60. The Kier molecular flexibility index (Phi) is 4.69. The minimum Gasteiger partial charge on any atom is -0.477 e. The summed E-state index contributed by atoms with van der Waals surface area (Å²) in [6.07, 6.45) is 1.73. The van der Waals surface area contributed by atoms with Gasteiger partial charge in [0.1, 0.15) is 17.6 Å². The Bertz CT molecular complexity index is 1010. The number of nitrogens with one attached hydrogen (secondary N) is 1. The van der Waals surface area contributed by atoms with Gasteiger partial charge in [-0.15, -0.1) is 0 Å². The molecule has 10 heteroatoms. The molecule has 162 valence electrons. The summed E-state index contributed by atoms with van der Waals surface area (Å²) in [6.45, 7) is 2.03. The molecule has 1 aromatic heterocycles. The summed E-state index contributed by atoms with van der Waals surface area (Å²) < 4.78 is 28.7. The molecule has 3 fully saturated rings. The molecule has 2 aliphatic heterocycles. The van der Waals surface area contributed by atoms with Gasteiger partial charge in [-0.1, -0.05) is 23.2 Å². The number of fused-ring (bicyclic) bond motifs is 2. The van der Waals surface area contributed by atoms with Crippen molar-refractivity contribution in [1.29, 1.82) is 0 Å². The number of hydrogen-bond donors (Lipinski definition) is 2. The van der Waals surface area contributed by atoms with Gasteiger partial charge in [-0.2, -0.15) is 0 Å². The fourth-order valence-corrected chi connectivity index (χ4v) is 6.05. The molecule has 4 aliphatic rings. The highest BCUT2D eigenvalue weighted by atomic mass is 35.5. The Morgan fingerprint density at radius 3 is 2.70 bits per heavy atom. The molecule has 0 radical (unpaired) electrons. The first kappa shape index (κ1) is 20.3. The Labute approximate surface area is 181 Å². The molecule has 0 aromatic carbocycles. The molecule has 2 N–H and O–H groups in total. The van der Waals surface area contributed by atoms with Crippen LogP contribution in [0.4, 0.5) is 8.78 Å². The summed E-state index contributed by atoms with van der Waals surface area (Å²) in [5, 5.41) is 12.8. The second kappa shape index (κ2) is 6.93. The van der Waals surface area contributed by atoms with Crippen molar-refractivity contribution in [3.05, 3.63) is 44.8 Å². The summed E-state index contributed by atoms with van der Waals surface area (Å²) in [7, 11) is 0. The van der Waals surface area contributed by atoms with E-state index >= 15 is 4.39 Å². The minimum absolute atomic E-state index is 0.0850. The first-order valence-electron chi connectivity index (χ1n) is 10.1. The number of alkyl halides is 3. The van der Waals surface area contributed by atoms with Gasteiger partial charge in [-0.3, -0.25) is 4.79 Å². The maximum Gasteiger partial charge on any atom is 0.341 e. The zero-order valence-electron chi connectivity index (χ0n) is 16.0. The molecular weight excluding hydrogens is 439 g/mol. The molecule has 0 unspecified atom stereocenters. The van der Waals surface area contributed by atoms with Crippen molar-refractivity contribution in [3.8, 4) is 0 Å². The smallest absolute Gasteiger partial charge is 0.341 e. The van der Waals surface area contributed by atoms with Crippen LogP contribution in [-0.2, 0) is 10.8 Å². The molecule has 30 heavy (non-hydrogen) atoms. The van der Waals surface area contributed by atoms with Crippen LogP contribution in [0.1, 0.15) is 46.9 Å². The average Bonchev–Trinajstić information content (AvgIpc) is 3.24. The van der Waals surface area contributed by atoms with Crippen LogP contribution in [0.2, 0.25) is 0 Å². The number of carboxylic acid groups (broad SMARTS) is 1. The van der Waals surface area contributed by atoms with Crippen molar-refractivity contribution in [2.24, 2.45) is 5.92 Å². The number of carboxylic acids is 1. The van der Waals surface area contributed by atoms with Gasteiger partial charge in [0.05, 0.1) is 17.4 Å². The van der Waals surface area contributed by atoms with Gasteiger partial charge in [-0.25, -0.2) is 13.6 Å². The van der Waals surface area contributed by atoms with E-state index in [2.05, 4.69) is 5.32 Å². The van der Waals surface area contributed by atoms with Gasteiger partial charge >= 0.3 is 5.97 Å². The first-order chi connectivity index (χ1) is 14.2. The number of likely N-dealkylation sites (tertiary alicyclic amines) is 1. The van der Waals surface area contributed by atoms with Crippen LogP contribution in [-0.4, -0.2) is 52.4 Å². The van der Waals surface area contributed by atoms with Crippen LogP contribution in [0.25, 0.3) is 0 Å². The third kappa shape index (κ3) is 2.99. The SMILES string of the molecule is O=C(O)c1cn([C@@H]2C[C@@H]2F)c2c(c1=O)CC(F)=C(N1C[C@@H]3CCCN[C@@H]3C1)C2(Cl)Cl. The van der Waals surface area contributed by atoms with Crippen LogP contribution in [0.3, 0.4) is 0 Å². The predicted molar refractivity (Wildman–Crippen MR) is 108 cm³/mol. The number of rotatable bonds is 3. The average molecular weight is 460 g/mol. The lowest BCUT2D eigenvalue weighted by Gasteiger charge is -2.38. The summed E-state index contributed by atoms with van der Waals surface area (Å²) in [5.74, 6) is -1.75. The molecule has 3 heterocycles. The van der Waals surface area contributed by atoms with Gasteiger partial charge < -0.3 is 19.9 Å². The lowest BCUT2D eigenvalue weighted by atomic mass is 9.93. The Morgan fingerprint density at radius 2 is 2.07 bits per heavy atom. The number of pyridine rings is 1. The van der Waals surface area contributed by atoms with Crippen LogP contribution < -0.4 is 10.7 Å². The first-order valence-corrected chi connectivity index (χ1v) is 10.9. The third-order valence-electron chi connectivity index (χ3n) is 6.70. The number of hydrogen-bond acceptors (Lipinski definition) is 4. The number of nitrogens with zero attached hydrogens (tertiary/aromatic N) is 2. The van der Waals surface area contributed by atoms with E-state index in [9.17, 15) is 19.1 Å². The Hall–Kier alpha value is -1.64. The molecule has 4 atom stereocenters. The summed E-state index contributed by atoms with van der Waals surface area (Å²) in [4.78, 5) is 26.2. The molecule has 1 saturated carbocycles. The normalized spacial score (nSPS) is 32.1. The molecule has 1 aromatic rings. The highest BCUT2D eigenvalue weighted by molar-refractivity contribution is 6.50. The highest BCUT2D eigenvalue weighted by Crippen LogP contribution is 2.53. The van der Waals surface area contributed by atoms with E-state index in [-0.39, 0.29) is 29.4 Å². The molecule has 2 aliphatic carbocycles. The zero-order chi connectivity index (χ0) is 21.4. The van der Waals surface area contributed by atoms with E-state index in [4.69, 9.17) is 23.2 Å². The molecule has 6 nitrogen and oxygen atoms in total. The van der Waals surface area contributed by atoms with E-state index in [0.29, 0.717) is 19.0 Å². The fraction of sp³-hybridized carbons (Fsp3) is 0.600. The van der Waals surface area contributed by atoms with E-state index in [1.54, 1.807) is 0 Å². The van der Waals surface area contributed by atoms with Gasteiger partial charge in [0.15, 0.2) is 9.76 Å². The van der Waals surface area contributed by atoms with Crippen molar-refractivity contribution in [2.75, 3.05) is 19.6 Å². The largest absolute Gasteiger partial charge is 0.477 e. The Morgan fingerprint density at radius 1 is 1.33 bits per heavy atom. The standard InChI is InChI=1S/C20H21Cl2F2N3O3/c21-20(22)17-10(16(28)11(19(29)30)7-27(17)15-5-12(15)23)4-13(24)18(20)26-6-9-2-1-3-25-14(9)8-26/h7,9,12,14-15,25H,1-6,8H2,(H,29,30)/t9-,12-,14+,15+/m0/s1. The van der Waals surface area contributed by atoms with E-state index in [0.717, 1.165) is 25.6 Å². The van der Waals surface area contributed by atoms with Crippen LogP contribution in [0.15, 0.2) is 22.5 Å². The van der Waals surface area contributed by atoms with Crippen molar-refractivity contribution in [3.63, 3.8) is 0 Å². The Balaban J connectivity index is 1.63. The fourth-order valence-electron chi connectivity index (χ4n) is 5.18. The number of piperidine rings is 1.